The molecule has 1 aliphatic heterocycles. The number of rotatable bonds is 8. The van der Waals surface area contributed by atoms with E-state index < -0.39 is 0 Å². The number of dihydropyridines is 1. The van der Waals surface area contributed by atoms with Crippen molar-refractivity contribution in [2.45, 2.75) is 0 Å². The Morgan fingerprint density at radius 1 is 0.610 bits per heavy atom. The van der Waals surface area contributed by atoms with Gasteiger partial charge in [0.15, 0.2) is 0 Å². The fourth-order valence-corrected chi connectivity index (χ4v) is 7.80. The maximum Gasteiger partial charge on any atom is 0.117 e. The molecule has 4 heterocycles. The van der Waals surface area contributed by atoms with Crippen LogP contribution in [0.1, 0.15) is 22.4 Å². The normalized spacial score (nSPS) is 14.0. The van der Waals surface area contributed by atoms with Crippen LogP contribution >= 0.6 is 0 Å². The minimum atomic E-state index is 0.324. The molecule has 59 heavy (non-hydrogen) atoms. The second kappa shape index (κ2) is 15.5. The van der Waals surface area contributed by atoms with Gasteiger partial charge in [0.1, 0.15) is 5.71 Å². The molecule has 0 atom stereocenters. The maximum atomic E-state index is 10.1. The third-order valence-corrected chi connectivity index (χ3v) is 10.6. The lowest BCUT2D eigenvalue weighted by molar-refractivity contribution is 0.981. The number of hydrogen-bond donors (Lipinski definition) is 3. The van der Waals surface area contributed by atoms with Crippen LogP contribution in [0.5, 0.6) is 0 Å². The Hall–Kier alpha value is -8.03. The second-order valence-corrected chi connectivity index (χ2v) is 14.4. The lowest BCUT2D eigenvalue weighted by atomic mass is 9.81. The lowest BCUT2D eigenvalue weighted by Crippen LogP contribution is -2.24. The molecular formula is C52H37N7. The van der Waals surface area contributed by atoms with E-state index in [1.54, 1.807) is 6.20 Å². The first kappa shape index (κ1) is 35.4. The summed E-state index contributed by atoms with van der Waals surface area (Å²) in [6.45, 7) is 0.750. The van der Waals surface area contributed by atoms with E-state index in [0.717, 1.165) is 102 Å². The molecule has 8 aromatic rings. The Morgan fingerprint density at radius 2 is 1.32 bits per heavy atom. The highest BCUT2D eigenvalue weighted by Gasteiger charge is 2.30. The van der Waals surface area contributed by atoms with Crippen LogP contribution in [-0.4, -0.2) is 32.9 Å². The number of benzene rings is 5. The summed E-state index contributed by atoms with van der Waals surface area (Å²) in [6, 6.07) is 55.3. The number of para-hydroxylation sites is 1. The van der Waals surface area contributed by atoms with Crippen LogP contribution in [0.25, 0.3) is 73.1 Å². The zero-order valence-electron chi connectivity index (χ0n) is 32.0. The summed E-state index contributed by atoms with van der Waals surface area (Å²) in [5.41, 5.74) is 18.6. The van der Waals surface area contributed by atoms with Gasteiger partial charge in [-0.25, -0.2) is 9.97 Å². The van der Waals surface area contributed by atoms with Crippen molar-refractivity contribution in [2.24, 2.45) is 5.10 Å². The summed E-state index contributed by atoms with van der Waals surface area (Å²) < 4.78 is 0. The topological polar surface area (TPSA) is 98.9 Å². The van der Waals surface area contributed by atoms with Gasteiger partial charge in [0.2, 0.25) is 0 Å². The predicted molar refractivity (Wildman–Crippen MR) is 243 cm³/mol. The number of hydrazone groups is 1. The summed E-state index contributed by atoms with van der Waals surface area (Å²) in [4.78, 5) is 15.0. The van der Waals surface area contributed by atoms with E-state index >= 15 is 0 Å². The van der Waals surface area contributed by atoms with Crippen molar-refractivity contribution in [3.63, 3.8) is 0 Å². The van der Waals surface area contributed by atoms with Gasteiger partial charge >= 0.3 is 0 Å². The van der Waals surface area contributed by atoms with Gasteiger partial charge in [-0.2, -0.15) is 5.10 Å². The van der Waals surface area contributed by atoms with E-state index in [1.165, 1.54) is 0 Å². The molecule has 7 heteroatoms. The molecule has 3 aromatic heterocycles. The Kier molecular flexibility index (Phi) is 9.29. The lowest BCUT2D eigenvalue weighted by Gasteiger charge is -2.25. The van der Waals surface area contributed by atoms with Crippen molar-refractivity contribution in [1.82, 2.24) is 20.3 Å². The quantitative estimate of drug-likeness (QED) is 0.134. The summed E-state index contributed by atoms with van der Waals surface area (Å²) in [5, 5.41) is 19.4. The van der Waals surface area contributed by atoms with Crippen LogP contribution in [0.15, 0.2) is 193 Å². The van der Waals surface area contributed by atoms with E-state index in [9.17, 15) is 5.41 Å². The highest BCUT2D eigenvalue weighted by molar-refractivity contribution is 6.65. The van der Waals surface area contributed by atoms with Crippen LogP contribution in [0, 0.1) is 5.41 Å². The van der Waals surface area contributed by atoms with Crippen LogP contribution in [0.3, 0.4) is 0 Å². The molecule has 5 aromatic carbocycles. The highest BCUT2D eigenvalue weighted by Crippen LogP contribution is 2.42. The van der Waals surface area contributed by atoms with E-state index in [-0.39, 0.29) is 0 Å². The first-order chi connectivity index (χ1) is 29.2. The summed E-state index contributed by atoms with van der Waals surface area (Å²) >= 11 is 0. The summed E-state index contributed by atoms with van der Waals surface area (Å²) in [7, 11) is 0. The Morgan fingerprint density at radius 3 is 2.05 bits per heavy atom. The molecule has 0 unspecified atom stereocenters. The molecule has 0 radical (unpaired) electrons. The fraction of sp³-hybridized carbons (Fsp3) is 0.0192. The largest absolute Gasteiger partial charge is 0.380 e. The van der Waals surface area contributed by atoms with Gasteiger partial charge in [-0.3, -0.25) is 15.8 Å². The molecule has 2 aliphatic rings. The number of nitrogens with one attached hydrogen (secondary N) is 3. The molecule has 0 saturated heterocycles. The Balaban J connectivity index is 1.14. The molecule has 0 bridgehead atoms. The van der Waals surface area contributed by atoms with Crippen molar-refractivity contribution < 1.29 is 0 Å². The smallest absolute Gasteiger partial charge is 0.117 e. The van der Waals surface area contributed by atoms with Crippen molar-refractivity contribution in [3.05, 3.63) is 211 Å². The van der Waals surface area contributed by atoms with Gasteiger partial charge in [-0.05, 0) is 82.4 Å². The number of hydrogen-bond acceptors (Lipinski definition) is 7. The van der Waals surface area contributed by atoms with Gasteiger partial charge in [0.25, 0.3) is 0 Å². The Bertz CT molecular complexity index is 2990. The van der Waals surface area contributed by atoms with Crippen molar-refractivity contribution >= 4 is 45.4 Å². The summed E-state index contributed by atoms with van der Waals surface area (Å²) in [6.07, 6.45) is 10.2. The van der Waals surface area contributed by atoms with Gasteiger partial charge in [-0.1, -0.05) is 133 Å². The van der Waals surface area contributed by atoms with E-state index in [2.05, 4.69) is 113 Å². The monoisotopic (exact) mass is 759 g/mol. The fourth-order valence-electron chi connectivity index (χ4n) is 7.80. The number of fused-ring (bicyclic) bond motifs is 3. The van der Waals surface area contributed by atoms with Crippen LogP contribution in [0.2, 0.25) is 0 Å². The molecular weight excluding hydrogens is 723 g/mol. The van der Waals surface area contributed by atoms with E-state index in [0.29, 0.717) is 11.4 Å². The van der Waals surface area contributed by atoms with Crippen LogP contribution in [0.4, 0.5) is 5.69 Å². The van der Waals surface area contributed by atoms with Crippen LogP contribution in [-0.2, 0) is 0 Å². The highest BCUT2D eigenvalue weighted by atomic mass is 15.3. The van der Waals surface area contributed by atoms with E-state index in [1.807, 2.05) is 91.0 Å². The van der Waals surface area contributed by atoms with Crippen molar-refractivity contribution in [2.75, 3.05) is 12.0 Å². The molecule has 0 amide bonds. The number of anilines is 1. The number of nitrogens with zero attached hydrogens (tertiary/aromatic N) is 4. The first-order valence-electron chi connectivity index (χ1n) is 19.6. The zero-order valence-corrected chi connectivity index (χ0v) is 32.0. The number of allylic oxidation sites excluding steroid dienone is 3. The molecule has 1 aliphatic carbocycles. The number of pyridine rings is 3. The minimum Gasteiger partial charge on any atom is -0.380 e. The van der Waals surface area contributed by atoms with Gasteiger partial charge in [-0.15, -0.1) is 0 Å². The molecule has 280 valence electrons. The minimum absolute atomic E-state index is 0.324. The van der Waals surface area contributed by atoms with Gasteiger partial charge in [0.05, 0.1) is 45.4 Å². The number of aromatic nitrogens is 3. The average Bonchev–Trinajstić information content (AvgIpc) is 3.32. The third kappa shape index (κ3) is 6.91. The van der Waals surface area contributed by atoms with Crippen LogP contribution < -0.4 is 10.7 Å². The molecule has 0 spiro atoms. The zero-order chi connectivity index (χ0) is 39.5. The maximum absolute atomic E-state index is 10.1. The first-order valence-corrected chi connectivity index (χ1v) is 19.6. The molecule has 7 nitrogen and oxygen atoms in total. The standard InChI is InChI=1S/C52H37N7/c53-50-49-42(33-41(35-15-4-1-5-16-35)52(50)59-58-39-19-8-3-9-20-39)51(37-17-6-2-7-18-37)57-45-24-14-21-40(48(45)49)36-27-25-34(26-28-36)38-31-46(43-22-10-12-29-54-43)56-47(32-38)44-23-11-13-30-55-44/h1-29,31-33,53,55,58H,30H2/b53-50?,59-52-. The third-order valence-electron chi connectivity index (χ3n) is 10.6. The predicted octanol–water partition coefficient (Wildman–Crippen LogP) is 11.6. The van der Waals surface area contributed by atoms with E-state index in [4.69, 9.17) is 15.1 Å². The summed E-state index contributed by atoms with van der Waals surface area (Å²) in [5.74, 6) is 0. The second-order valence-electron chi connectivity index (χ2n) is 14.4. The molecule has 0 fully saturated rings. The molecule has 3 N–H and O–H groups in total. The van der Waals surface area contributed by atoms with Crippen molar-refractivity contribution in [1.29, 1.82) is 5.41 Å². The average molecular weight is 760 g/mol. The van der Waals surface area contributed by atoms with Gasteiger partial charge < -0.3 is 5.32 Å². The van der Waals surface area contributed by atoms with Gasteiger partial charge in [0, 0.05) is 40.4 Å². The molecule has 0 saturated carbocycles. The molecule has 10 rings (SSSR count). The SMILES string of the molecule is N=C1/C(=N\Nc2ccccc2)C(c2ccccc2)=Cc2c(-c3ccccc3)nc3cccc(-c4ccc(-c5cc(C6=CC=CCN6)nc(-c6ccccn6)c5)cc4)c3c21. The Labute approximate surface area is 342 Å². The van der Waals surface area contributed by atoms with Crippen molar-refractivity contribution in [3.8, 4) is 44.9 Å².